The molecule has 0 N–H and O–H groups in total. The second-order valence-electron chi connectivity index (χ2n) is 10.2. The Bertz CT molecular complexity index is 1280. The van der Waals surface area contributed by atoms with Crippen LogP contribution in [0.15, 0.2) is 30.5 Å². The molecule has 3 saturated heterocycles. The minimum atomic E-state index is -3.48. The Morgan fingerprint density at radius 2 is 1.89 bits per heavy atom. The lowest BCUT2D eigenvalue weighted by atomic mass is 10.1. The maximum absolute atomic E-state index is 13.8. The molecule has 1 amide bonds. The summed E-state index contributed by atoms with van der Waals surface area (Å²) < 4.78 is 38.4. The molecular weight excluding hydrogens is 506 g/mol. The molecule has 206 valence electrons. The smallest absolute Gasteiger partial charge is 0.256 e. The van der Waals surface area contributed by atoms with Crippen LogP contribution in [0.2, 0.25) is 0 Å². The van der Waals surface area contributed by atoms with Crippen LogP contribution in [0.25, 0.3) is 0 Å². The molecule has 1 atom stereocenters. The van der Waals surface area contributed by atoms with E-state index in [1.165, 1.54) is 9.87 Å². The van der Waals surface area contributed by atoms with Crippen molar-refractivity contribution in [3.63, 3.8) is 0 Å². The first-order chi connectivity index (χ1) is 18.3. The van der Waals surface area contributed by atoms with Crippen molar-refractivity contribution in [2.24, 2.45) is 0 Å². The average Bonchev–Trinajstić information content (AvgIpc) is 3.13. The summed E-state index contributed by atoms with van der Waals surface area (Å²) in [5.41, 5.74) is 4.00. The number of hydrogen-bond donors (Lipinski definition) is 0. The molecule has 3 aliphatic rings. The molecule has 2 aromatic rings. The molecule has 1 aromatic heterocycles. The van der Waals surface area contributed by atoms with Gasteiger partial charge in [0.15, 0.2) is 0 Å². The number of sulfonamides is 1. The summed E-state index contributed by atoms with van der Waals surface area (Å²) in [5.74, 6) is 0.897. The first-order valence-corrected chi connectivity index (χ1v) is 15.0. The Hall–Kier alpha value is -2.89. The van der Waals surface area contributed by atoms with Gasteiger partial charge >= 0.3 is 0 Å². The molecule has 0 unspecified atom stereocenters. The molecule has 38 heavy (non-hydrogen) atoms. The molecule has 5 rings (SSSR count). The summed E-state index contributed by atoms with van der Waals surface area (Å²) in [4.78, 5) is 24.5. The summed E-state index contributed by atoms with van der Waals surface area (Å²) >= 11 is 0. The topological polar surface area (TPSA) is 95.5 Å². The molecule has 0 bridgehead atoms. The Kier molecular flexibility index (Phi) is 7.78. The van der Waals surface area contributed by atoms with Crippen LogP contribution in [0, 0.1) is 6.92 Å². The number of nitrogens with zero attached hydrogens (tertiary/aromatic N) is 5. The van der Waals surface area contributed by atoms with Gasteiger partial charge in [0.05, 0.1) is 23.1 Å². The van der Waals surface area contributed by atoms with E-state index in [4.69, 9.17) is 9.47 Å². The Balaban J connectivity index is 1.38. The quantitative estimate of drug-likeness (QED) is 0.568. The molecule has 3 aliphatic heterocycles. The van der Waals surface area contributed by atoms with E-state index in [1.807, 2.05) is 35.1 Å². The molecule has 0 radical (unpaired) electrons. The highest BCUT2D eigenvalue weighted by Gasteiger charge is 2.34. The number of rotatable bonds is 5. The maximum Gasteiger partial charge on any atom is 0.256 e. The number of benzene rings is 1. The van der Waals surface area contributed by atoms with E-state index in [2.05, 4.69) is 29.8 Å². The summed E-state index contributed by atoms with van der Waals surface area (Å²) in [5, 5.41) is 0. The molecule has 0 saturated carbocycles. The molecule has 11 heteroatoms. The second-order valence-corrected chi connectivity index (χ2v) is 12.2. The van der Waals surface area contributed by atoms with E-state index in [0.29, 0.717) is 63.7 Å². The summed E-state index contributed by atoms with van der Waals surface area (Å²) in [6.07, 6.45) is 3.37. The van der Waals surface area contributed by atoms with E-state index in [-0.39, 0.29) is 24.6 Å². The fraction of sp³-hybridized carbons (Fsp3) is 0.556. The predicted octanol–water partition coefficient (Wildman–Crippen LogP) is 2.61. The Morgan fingerprint density at radius 3 is 2.58 bits per heavy atom. The van der Waals surface area contributed by atoms with Crippen LogP contribution < -0.4 is 14.1 Å². The number of aryl methyl sites for hydroxylation is 2. The third-order valence-electron chi connectivity index (χ3n) is 7.49. The molecule has 1 aromatic carbocycles. The van der Waals surface area contributed by atoms with Gasteiger partial charge in [-0.2, -0.15) is 0 Å². The van der Waals surface area contributed by atoms with Gasteiger partial charge in [0.2, 0.25) is 10.0 Å². The first-order valence-electron chi connectivity index (χ1n) is 13.4. The Morgan fingerprint density at radius 1 is 1.11 bits per heavy atom. The van der Waals surface area contributed by atoms with Gasteiger partial charge in [0.1, 0.15) is 19.3 Å². The van der Waals surface area contributed by atoms with Crippen LogP contribution in [-0.4, -0.2) is 88.9 Å². The zero-order valence-electron chi connectivity index (χ0n) is 22.4. The van der Waals surface area contributed by atoms with Gasteiger partial charge < -0.3 is 24.2 Å². The monoisotopic (exact) mass is 543 g/mol. The predicted molar refractivity (Wildman–Crippen MR) is 147 cm³/mol. The van der Waals surface area contributed by atoms with Crippen LogP contribution in [0.3, 0.4) is 0 Å². The molecular formula is C27H37N5O5S. The minimum Gasteiger partial charge on any atom is -0.353 e. The van der Waals surface area contributed by atoms with E-state index >= 15 is 0 Å². The fourth-order valence-electron chi connectivity index (χ4n) is 5.36. The van der Waals surface area contributed by atoms with Crippen molar-refractivity contribution < 1.29 is 22.7 Å². The summed E-state index contributed by atoms with van der Waals surface area (Å²) in [6.45, 7) is 10.1. The number of hydrogen-bond acceptors (Lipinski definition) is 8. The summed E-state index contributed by atoms with van der Waals surface area (Å²) in [7, 11) is -3.48. The number of carbonyl (C=O) groups excluding carboxylic acids is 1. The third-order valence-corrected chi connectivity index (χ3v) is 9.34. The average molecular weight is 544 g/mol. The van der Waals surface area contributed by atoms with Crippen LogP contribution >= 0.6 is 0 Å². The maximum atomic E-state index is 13.8. The van der Waals surface area contributed by atoms with Crippen molar-refractivity contribution in [2.75, 3.05) is 72.7 Å². The van der Waals surface area contributed by atoms with Crippen molar-refractivity contribution in [3.8, 4) is 0 Å². The highest BCUT2D eigenvalue weighted by molar-refractivity contribution is 7.93. The van der Waals surface area contributed by atoms with E-state index in [0.717, 1.165) is 23.5 Å². The second kappa shape index (κ2) is 11.1. The largest absolute Gasteiger partial charge is 0.353 e. The number of piperazine rings is 1. The van der Waals surface area contributed by atoms with Gasteiger partial charge in [-0.1, -0.05) is 13.0 Å². The number of amides is 1. The Labute approximate surface area is 225 Å². The standard InChI is InChI=1S/C27H37N5O5S/c1-4-22-14-20(2)26(28-16-22)29-9-11-30(12-10-29)27(33)24-7-6-23(31-17-21(3)37-19-36-18-31)15-25(24)32-8-5-13-38(32,34)35/h6-7,14-16,21H,4-5,8-13,17-19H2,1-3H3/t21-/m0/s1. The lowest BCUT2D eigenvalue weighted by Crippen LogP contribution is -2.49. The van der Waals surface area contributed by atoms with Gasteiger partial charge in [0, 0.05) is 51.2 Å². The van der Waals surface area contributed by atoms with Crippen LogP contribution in [-0.2, 0) is 25.9 Å². The minimum absolute atomic E-state index is 0.0367. The number of anilines is 3. The van der Waals surface area contributed by atoms with Crippen molar-refractivity contribution in [1.29, 1.82) is 0 Å². The van der Waals surface area contributed by atoms with Crippen molar-refractivity contribution in [1.82, 2.24) is 9.88 Å². The highest BCUT2D eigenvalue weighted by atomic mass is 32.2. The highest BCUT2D eigenvalue weighted by Crippen LogP contribution is 2.33. The number of carbonyl (C=O) groups is 1. The van der Waals surface area contributed by atoms with Gasteiger partial charge in [-0.05, 0) is 56.0 Å². The van der Waals surface area contributed by atoms with Crippen LogP contribution in [0.1, 0.15) is 41.8 Å². The summed E-state index contributed by atoms with van der Waals surface area (Å²) in [6, 6.07) is 7.63. The van der Waals surface area contributed by atoms with E-state index < -0.39 is 10.0 Å². The number of aromatic nitrogens is 1. The van der Waals surface area contributed by atoms with Gasteiger partial charge in [-0.25, -0.2) is 13.4 Å². The number of ether oxygens (including phenoxy) is 2. The zero-order valence-corrected chi connectivity index (χ0v) is 23.2. The molecule has 0 aliphatic carbocycles. The van der Waals surface area contributed by atoms with Crippen molar-refractivity contribution >= 4 is 33.1 Å². The molecule has 3 fully saturated rings. The van der Waals surface area contributed by atoms with Gasteiger partial charge in [-0.15, -0.1) is 0 Å². The zero-order chi connectivity index (χ0) is 26.9. The van der Waals surface area contributed by atoms with Crippen LogP contribution in [0.5, 0.6) is 0 Å². The van der Waals surface area contributed by atoms with E-state index in [1.54, 1.807) is 6.07 Å². The third kappa shape index (κ3) is 5.45. The normalized spacial score (nSPS) is 22.0. The first kappa shape index (κ1) is 26.7. The van der Waals surface area contributed by atoms with Crippen molar-refractivity contribution in [3.05, 3.63) is 47.2 Å². The molecule has 4 heterocycles. The fourth-order valence-corrected chi connectivity index (χ4v) is 6.94. The van der Waals surface area contributed by atoms with E-state index in [9.17, 15) is 13.2 Å². The van der Waals surface area contributed by atoms with Gasteiger partial charge in [0.25, 0.3) is 5.91 Å². The lowest BCUT2D eigenvalue weighted by Gasteiger charge is -2.36. The lowest BCUT2D eigenvalue weighted by molar-refractivity contribution is -0.0589. The van der Waals surface area contributed by atoms with Crippen LogP contribution in [0.4, 0.5) is 17.2 Å². The molecule has 0 spiro atoms. The van der Waals surface area contributed by atoms with Crippen molar-refractivity contribution in [2.45, 2.75) is 39.7 Å². The SMILES string of the molecule is CCc1cnc(N2CCN(C(=O)c3ccc(N4COCO[C@@H](C)C4)cc3N3CCCS3(=O)=O)CC2)c(C)c1. The van der Waals surface area contributed by atoms with Gasteiger partial charge in [-0.3, -0.25) is 9.10 Å². The number of pyridine rings is 1. The molecule has 10 nitrogen and oxygen atoms in total.